The summed E-state index contributed by atoms with van der Waals surface area (Å²) in [5.41, 5.74) is 4.54. The molecule has 37 heavy (non-hydrogen) atoms. The highest BCUT2D eigenvalue weighted by Crippen LogP contribution is 2.25. The van der Waals surface area contributed by atoms with Gasteiger partial charge in [-0.05, 0) is 80.4 Å². The van der Waals surface area contributed by atoms with Gasteiger partial charge in [-0.2, -0.15) is 0 Å². The Morgan fingerprint density at radius 3 is 2.03 bits per heavy atom. The molecule has 1 aliphatic rings. The molecule has 3 aromatic carbocycles. The summed E-state index contributed by atoms with van der Waals surface area (Å²) in [5, 5.41) is 14.1. The Bertz CT molecular complexity index is 1370. The highest BCUT2D eigenvalue weighted by Gasteiger charge is 2.16. The second-order valence-electron chi connectivity index (χ2n) is 9.22. The molecular weight excluding hydrogens is 466 g/mol. The first-order chi connectivity index (χ1) is 18.0. The molecule has 4 aromatic rings. The van der Waals surface area contributed by atoms with Gasteiger partial charge in [0.15, 0.2) is 0 Å². The van der Waals surface area contributed by atoms with Gasteiger partial charge in [-0.15, -0.1) is 10.2 Å². The number of carbonyl (C=O) groups excluding carboxylic acids is 2. The van der Waals surface area contributed by atoms with Crippen LogP contribution < -0.4 is 10.6 Å². The minimum Gasteiger partial charge on any atom is -0.416 e. The SMILES string of the molecule is Cc1cccc(-c2nnc(-c3ccc(C(=O)Nc4ccc(NC(=O)N5CCCCCC5)cc4)cc3)o2)c1. The summed E-state index contributed by atoms with van der Waals surface area (Å²) in [6, 6.07) is 21.9. The van der Waals surface area contributed by atoms with Gasteiger partial charge in [0.1, 0.15) is 0 Å². The highest BCUT2D eigenvalue weighted by atomic mass is 16.4. The maximum Gasteiger partial charge on any atom is 0.321 e. The Balaban J connectivity index is 1.18. The van der Waals surface area contributed by atoms with Crippen molar-refractivity contribution in [2.75, 3.05) is 23.7 Å². The highest BCUT2D eigenvalue weighted by molar-refractivity contribution is 6.04. The third-order valence-electron chi connectivity index (χ3n) is 6.37. The summed E-state index contributed by atoms with van der Waals surface area (Å²) in [4.78, 5) is 27.1. The lowest BCUT2D eigenvalue weighted by atomic mass is 10.1. The zero-order valence-electron chi connectivity index (χ0n) is 20.7. The van der Waals surface area contributed by atoms with Crippen LogP contribution >= 0.6 is 0 Å². The van der Waals surface area contributed by atoms with Crippen molar-refractivity contribution in [1.82, 2.24) is 15.1 Å². The number of rotatable bonds is 5. The molecule has 1 aliphatic heterocycles. The van der Waals surface area contributed by atoms with E-state index in [1.54, 1.807) is 48.5 Å². The van der Waals surface area contributed by atoms with Crippen molar-refractivity contribution < 1.29 is 14.0 Å². The fourth-order valence-electron chi connectivity index (χ4n) is 4.32. The molecule has 2 N–H and O–H groups in total. The molecule has 5 rings (SSSR count). The molecule has 1 saturated heterocycles. The van der Waals surface area contributed by atoms with E-state index >= 15 is 0 Å². The summed E-state index contributed by atoms with van der Waals surface area (Å²) >= 11 is 0. The fraction of sp³-hybridized carbons (Fsp3) is 0.241. The van der Waals surface area contributed by atoms with Crippen molar-refractivity contribution in [3.63, 3.8) is 0 Å². The molecule has 2 heterocycles. The van der Waals surface area contributed by atoms with Crippen molar-refractivity contribution >= 4 is 23.3 Å². The quantitative estimate of drug-likeness (QED) is 0.335. The third kappa shape index (κ3) is 6.03. The van der Waals surface area contributed by atoms with E-state index in [1.165, 1.54) is 12.8 Å². The third-order valence-corrected chi connectivity index (χ3v) is 6.37. The van der Waals surface area contributed by atoms with E-state index in [-0.39, 0.29) is 11.9 Å². The van der Waals surface area contributed by atoms with Crippen molar-refractivity contribution in [3.8, 4) is 22.9 Å². The molecule has 0 atom stereocenters. The summed E-state index contributed by atoms with van der Waals surface area (Å²) in [6.45, 7) is 3.59. The van der Waals surface area contributed by atoms with Gasteiger partial charge in [-0.1, -0.05) is 30.5 Å². The van der Waals surface area contributed by atoms with Crippen molar-refractivity contribution in [3.05, 3.63) is 83.9 Å². The Kier molecular flexibility index (Phi) is 7.26. The number of aromatic nitrogens is 2. The van der Waals surface area contributed by atoms with Gasteiger partial charge < -0.3 is 20.0 Å². The summed E-state index contributed by atoms with van der Waals surface area (Å²) in [7, 11) is 0. The van der Waals surface area contributed by atoms with E-state index in [0.717, 1.165) is 42.6 Å². The standard InChI is InChI=1S/C29H29N5O3/c1-20-7-6-8-23(19-20)28-33-32-27(37-28)22-11-9-21(10-12-22)26(35)30-24-13-15-25(16-14-24)31-29(36)34-17-4-2-3-5-18-34/h6-16,19H,2-5,17-18H2,1H3,(H,30,35)(H,31,36). The summed E-state index contributed by atoms with van der Waals surface area (Å²) in [5.74, 6) is 0.603. The Labute approximate surface area is 215 Å². The topological polar surface area (TPSA) is 100 Å². The van der Waals surface area contributed by atoms with Crippen LogP contribution in [0.25, 0.3) is 22.9 Å². The van der Waals surface area contributed by atoms with Crippen LogP contribution in [0, 0.1) is 6.92 Å². The first-order valence-electron chi connectivity index (χ1n) is 12.5. The van der Waals surface area contributed by atoms with E-state index < -0.39 is 0 Å². The molecule has 0 aliphatic carbocycles. The molecular formula is C29H29N5O3. The maximum absolute atomic E-state index is 12.7. The largest absolute Gasteiger partial charge is 0.416 e. The van der Waals surface area contributed by atoms with Crippen LogP contribution in [-0.4, -0.2) is 40.1 Å². The van der Waals surface area contributed by atoms with E-state index in [2.05, 4.69) is 20.8 Å². The molecule has 1 fully saturated rings. The van der Waals surface area contributed by atoms with Gasteiger partial charge >= 0.3 is 6.03 Å². The number of anilines is 2. The summed E-state index contributed by atoms with van der Waals surface area (Å²) < 4.78 is 5.83. The van der Waals surface area contributed by atoms with Crippen LogP contribution in [0.1, 0.15) is 41.6 Å². The lowest BCUT2D eigenvalue weighted by Gasteiger charge is -2.20. The molecule has 188 valence electrons. The van der Waals surface area contributed by atoms with Crippen molar-refractivity contribution in [2.45, 2.75) is 32.6 Å². The number of nitrogens with zero attached hydrogens (tertiary/aromatic N) is 3. The molecule has 3 amide bonds. The monoisotopic (exact) mass is 495 g/mol. The number of amides is 3. The van der Waals surface area contributed by atoms with Crippen molar-refractivity contribution in [2.24, 2.45) is 0 Å². The smallest absolute Gasteiger partial charge is 0.321 e. The van der Waals surface area contributed by atoms with Gasteiger partial charge in [0, 0.05) is 41.2 Å². The summed E-state index contributed by atoms with van der Waals surface area (Å²) in [6.07, 6.45) is 4.44. The zero-order valence-corrected chi connectivity index (χ0v) is 20.7. The van der Waals surface area contributed by atoms with Gasteiger partial charge in [0.25, 0.3) is 5.91 Å². The predicted octanol–water partition coefficient (Wildman–Crippen LogP) is 6.37. The Hall–Kier alpha value is -4.46. The number of nitrogens with one attached hydrogen (secondary N) is 2. The first kappa shape index (κ1) is 24.2. The molecule has 0 saturated carbocycles. The van der Waals surface area contributed by atoms with E-state index in [0.29, 0.717) is 28.7 Å². The second kappa shape index (κ2) is 11.1. The van der Waals surface area contributed by atoms with Gasteiger partial charge in [-0.25, -0.2) is 4.79 Å². The molecule has 8 nitrogen and oxygen atoms in total. The van der Waals surface area contributed by atoms with Crippen LogP contribution in [0.2, 0.25) is 0 Å². The number of hydrogen-bond acceptors (Lipinski definition) is 5. The number of aryl methyl sites for hydroxylation is 1. The minimum atomic E-state index is -0.237. The molecule has 0 bridgehead atoms. The number of carbonyl (C=O) groups is 2. The lowest BCUT2D eigenvalue weighted by Crippen LogP contribution is -2.35. The number of benzene rings is 3. The lowest BCUT2D eigenvalue weighted by molar-refractivity contribution is 0.102. The predicted molar refractivity (Wildman–Crippen MR) is 143 cm³/mol. The fourth-order valence-corrected chi connectivity index (χ4v) is 4.32. The van der Waals surface area contributed by atoms with Crippen LogP contribution in [0.4, 0.5) is 16.2 Å². The Morgan fingerprint density at radius 2 is 1.38 bits per heavy atom. The second-order valence-corrected chi connectivity index (χ2v) is 9.22. The number of hydrogen-bond donors (Lipinski definition) is 2. The molecule has 1 aromatic heterocycles. The van der Waals surface area contributed by atoms with Crippen LogP contribution in [0.5, 0.6) is 0 Å². The van der Waals surface area contributed by atoms with Crippen LogP contribution in [-0.2, 0) is 0 Å². The van der Waals surface area contributed by atoms with Crippen LogP contribution in [0.15, 0.2) is 77.2 Å². The average molecular weight is 496 g/mol. The molecule has 8 heteroatoms. The van der Waals surface area contributed by atoms with E-state index in [9.17, 15) is 9.59 Å². The number of urea groups is 1. The zero-order chi connectivity index (χ0) is 25.6. The van der Waals surface area contributed by atoms with Crippen molar-refractivity contribution in [1.29, 1.82) is 0 Å². The van der Waals surface area contributed by atoms with Gasteiger partial charge in [0.2, 0.25) is 11.8 Å². The molecule has 0 spiro atoms. The normalized spacial score (nSPS) is 13.6. The average Bonchev–Trinajstić information content (AvgIpc) is 3.25. The maximum atomic E-state index is 12.7. The Morgan fingerprint density at radius 1 is 0.757 bits per heavy atom. The first-order valence-corrected chi connectivity index (χ1v) is 12.5. The minimum absolute atomic E-state index is 0.0778. The van der Waals surface area contributed by atoms with Gasteiger partial charge in [0.05, 0.1) is 0 Å². The van der Waals surface area contributed by atoms with Crippen LogP contribution in [0.3, 0.4) is 0 Å². The number of likely N-dealkylation sites (tertiary alicyclic amines) is 1. The van der Waals surface area contributed by atoms with E-state index in [4.69, 9.17) is 4.42 Å². The molecule has 0 unspecified atom stereocenters. The van der Waals surface area contributed by atoms with E-state index in [1.807, 2.05) is 36.1 Å². The van der Waals surface area contributed by atoms with Gasteiger partial charge in [-0.3, -0.25) is 4.79 Å². The molecule has 0 radical (unpaired) electrons.